The van der Waals surface area contributed by atoms with Gasteiger partial charge in [0.15, 0.2) is 5.78 Å². The zero-order chi connectivity index (χ0) is 8.36. The topological polar surface area (TPSA) is 63.6 Å². The van der Waals surface area contributed by atoms with E-state index in [0.29, 0.717) is 0 Å². The summed E-state index contributed by atoms with van der Waals surface area (Å²) in [7, 11) is -3.01. The van der Waals surface area contributed by atoms with Crippen LogP contribution in [0.15, 0.2) is 0 Å². The van der Waals surface area contributed by atoms with Crippen molar-refractivity contribution in [2.45, 2.75) is 26.4 Å². The van der Waals surface area contributed by atoms with Crippen LogP contribution in [-0.2, 0) is 13.9 Å². The van der Waals surface area contributed by atoms with Crippen LogP contribution in [0.1, 0.15) is 20.8 Å². The summed E-state index contributed by atoms with van der Waals surface area (Å²) >= 11 is 0. The summed E-state index contributed by atoms with van der Waals surface area (Å²) in [5.74, 6) is -0.264. The minimum absolute atomic E-state index is 0.264. The quantitative estimate of drug-likeness (QED) is 0.628. The standard InChI is InChI=1S/C5H11O4P/c1-4(6)5(2,3)9-10(7)8/h10H,1-3H3,(H,7,8). The highest BCUT2D eigenvalue weighted by Gasteiger charge is 2.26. The zero-order valence-electron chi connectivity index (χ0n) is 6.17. The fourth-order valence-corrected chi connectivity index (χ4v) is 0.870. The number of Topliss-reactive ketones (excluding diaryl/α,β-unsaturated/α-hetero) is 1. The number of hydrogen-bond acceptors (Lipinski definition) is 3. The molecule has 0 saturated heterocycles. The summed E-state index contributed by atoms with van der Waals surface area (Å²) in [6.45, 7) is 4.22. The third kappa shape index (κ3) is 3.11. The fourth-order valence-electron chi connectivity index (χ4n) is 0.290. The Hall–Kier alpha value is -0.180. The molecule has 0 fully saturated rings. The predicted molar refractivity (Wildman–Crippen MR) is 37.1 cm³/mol. The normalized spacial score (nSPS) is 14.8. The maximum absolute atomic E-state index is 10.6. The molecule has 0 aromatic heterocycles. The van der Waals surface area contributed by atoms with Gasteiger partial charge in [-0.05, 0) is 20.8 Å². The van der Waals surface area contributed by atoms with E-state index in [9.17, 15) is 9.36 Å². The molecule has 1 atom stereocenters. The molecule has 0 radical (unpaired) electrons. The molecule has 0 bridgehead atoms. The number of rotatable bonds is 3. The monoisotopic (exact) mass is 166 g/mol. The first-order valence-corrected chi connectivity index (χ1v) is 4.05. The van der Waals surface area contributed by atoms with Crippen LogP contribution in [0.4, 0.5) is 0 Å². The van der Waals surface area contributed by atoms with E-state index < -0.39 is 13.9 Å². The second kappa shape index (κ2) is 3.28. The first-order valence-electron chi connectivity index (χ1n) is 2.79. The van der Waals surface area contributed by atoms with Crippen LogP contribution in [0.2, 0.25) is 0 Å². The first kappa shape index (κ1) is 9.82. The van der Waals surface area contributed by atoms with Crippen molar-refractivity contribution < 1.29 is 18.8 Å². The molecule has 0 saturated carbocycles. The Morgan fingerprint density at radius 1 is 1.60 bits per heavy atom. The van der Waals surface area contributed by atoms with Gasteiger partial charge in [-0.3, -0.25) is 13.9 Å². The largest absolute Gasteiger partial charge is 0.326 e. The molecule has 0 aliphatic heterocycles. The Bertz CT molecular complexity index is 163. The molecule has 60 valence electrons. The van der Waals surface area contributed by atoms with Crippen molar-refractivity contribution in [1.29, 1.82) is 0 Å². The van der Waals surface area contributed by atoms with Gasteiger partial charge < -0.3 is 4.89 Å². The molecule has 0 aromatic rings. The van der Waals surface area contributed by atoms with E-state index in [1.54, 1.807) is 0 Å². The first-order chi connectivity index (χ1) is 4.36. The second-order valence-corrected chi connectivity index (χ2v) is 3.17. The van der Waals surface area contributed by atoms with Gasteiger partial charge in [-0.15, -0.1) is 0 Å². The number of ketones is 1. The van der Waals surface area contributed by atoms with E-state index in [1.165, 1.54) is 20.8 Å². The van der Waals surface area contributed by atoms with Crippen LogP contribution in [0.3, 0.4) is 0 Å². The molecule has 4 nitrogen and oxygen atoms in total. The van der Waals surface area contributed by atoms with Crippen molar-refractivity contribution in [2.24, 2.45) is 0 Å². The smallest absolute Gasteiger partial charge is 0.317 e. The SMILES string of the molecule is CC(=O)C(C)(C)O[PH](=O)O. The van der Waals surface area contributed by atoms with Crippen LogP contribution < -0.4 is 0 Å². The minimum atomic E-state index is -3.01. The molecular weight excluding hydrogens is 155 g/mol. The van der Waals surface area contributed by atoms with Gasteiger partial charge in [0.25, 0.3) is 0 Å². The Morgan fingerprint density at radius 2 is 2.00 bits per heavy atom. The highest BCUT2D eigenvalue weighted by molar-refractivity contribution is 7.32. The van der Waals surface area contributed by atoms with E-state index in [-0.39, 0.29) is 5.78 Å². The van der Waals surface area contributed by atoms with Gasteiger partial charge in [-0.1, -0.05) is 0 Å². The van der Waals surface area contributed by atoms with E-state index in [1.807, 2.05) is 0 Å². The van der Waals surface area contributed by atoms with Crippen LogP contribution >= 0.6 is 8.25 Å². The molecule has 10 heavy (non-hydrogen) atoms. The van der Waals surface area contributed by atoms with Gasteiger partial charge in [0, 0.05) is 0 Å². The second-order valence-electron chi connectivity index (χ2n) is 2.43. The minimum Gasteiger partial charge on any atom is -0.326 e. The van der Waals surface area contributed by atoms with Gasteiger partial charge in [-0.2, -0.15) is 0 Å². The predicted octanol–water partition coefficient (Wildman–Crippen LogP) is 0.753. The lowest BCUT2D eigenvalue weighted by molar-refractivity contribution is -0.129. The summed E-state index contributed by atoms with van der Waals surface area (Å²) in [5.41, 5.74) is -1.13. The van der Waals surface area contributed by atoms with Crippen molar-refractivity contribution in [1.82, 2.24) is 0 Å². The van der Waals surface area contributed by atoms with Crippen molar-refractivity contribution in [3.8, 4) is 0 Å². The molecular formula is C5H11O4P. The Labute approximate surface area is 60.1 Å². The summed E-state index contributed by atoms with van der Waals surface area (Å²) in [4.78, 5) is 19.0. The molecule has 0 aromatic carbocycles. The highest BCUT2D eigenvalue weighted by atomic mass is 31.1. The Kier molecular flexibility index (Phi) is 3.22. The number of hydrogen-bond donors (Lipinski definition) is 1. The maximum Gasteiger partial charge on any atom is 0.317 e. The third-order valence-corrected chi connectivity index (χ3v) is 1.88. The summed E-state index contributed by atoms with van der Waals surface area (Å²) < 4.78 is 14.6. The highest BCUT2D eigenvalue weighted by Crippen LogP contribution is 2.25. The molecule has 0 amide bonds. The Balaban J connectivity index is 4.13. The average molecular weight is 166 g/mol. The van der Waals surface area contributed by atoms with Gasteiger partial charge in [0.2, 0.25) is 0 Å². The molecule has 1 N–H and O–H groups in total. The molecule has 5 heteroatoms. The van der Waals surface area contributed by atoms with E-state index >= 15 is 0 Å². The lowest BCUT2D eigenvalue weighted by Crippen LogP contribution is -2.30. The molecule has 0 spiro atoms. The van der Waals surface area contributed by atoms with Crippen molar-refractivity contribution in [3.63, 3.8) is 0 Å². The van der Waals surface area contributed by atoms with Gasteiger partial charge in [0.1, 0.15) is 5.60 Å². The van der Waals surface area contributed by atoms with Crippen molar-refractivity contribution >= 4 is 14.0 Å². The van der Waals surface area contributed by atoms with Crippen LogP contribution in [0, 0.1) is 0 Å². The molecule has 1 unspecified atom stereocenters. The zero-order valence-corrected chi connectivity index (χ0v) is 7.17. The molecule has 0 aliphatic carbocycles. The number of carbonyl (C=O) groups excluding carboxylic acids is 1. The lowest BCUT2D eigenvalue weighted by atomic mass is 10.1. The molecule has 0 rings (SSSR count). The van der Waals surface area contributed by atoms with Crippen LogP contribution in [-0.4, -0.2) is 16.3 Å². The fraction of sp³-hybridized carbons (Fsp3) is 0.800. The molecule has 0 heterocycles. The van der Waals surface area contributed by atoms with E-state index in [0.717, 1.165) is 0 Å². The van der Waals surface area contributed by atoms with Crippen molar-refractivity contribution in [3.05, 3.63) is 0 Å². The van der Waals surface area contributed by atoms with Gasteiger partial charge in [0.05, 0.1) is 0 Å². The molecule has 0 aliphatic rings. The van der Waals surface area contributed by atoms with Crippen molar-refractivity contribution in [2.75, 3.05) is 0 Å². The van der Waals surface area contributed by atoms with E-state index in [4.69, 9.17) is 4.89 Å². The summed E-state index contributed by atoms with van der Waals surface area (Å²) in [5, 5.41) is 0. The van der Waals surface area contributed by atoms with Gasteiger partial charge >= 0.3 is 8.25 Å². The summed E-state index contributed by atoms with van der Waals surface area (Å²) in [6, 6.07) is 0. The maximum atomic E-state index is 10.6. The average Bonchev–Trinajstić information content (AvgIpc) is 1.60. The van der Waals surface area contributed by atoms with E-state index in [2.05, 4.69) is 4.52 Å². The van der Waals surface area contributed by atoms with Crippen LogP contribution in [0.5, 0.6) is 0 Å². The summed E-state index contributed by atoms with van der Waals surface area (Å²) in [6.07, 6.45) is 0. The third-order valence-electron chi connectivity index (χ3n) is 1.19. The number of carbonyl (C=O) groups is 1. The van der Waals surface area contributed by atoms with Crippen LogP contribution in [0.25, 0.3) is 0 Å². The lowest BCUT2D eigenvalue weighted by Gasteiger charge is -2.18. The Morgan fingerprint density at radius 3 is 2.10 bits per heavy atom. The van der Waals surface area contributed by atoms with Gasteiger partial charge in [-0.25, -0.2) is 0 Å².